The monoisotopic (exact) mass is 545 g/mol. The topological polar surface area (TPSA) is 36.0 Å². The van der Waals surface area contributed by atoms with Crippen LogP contribution in [0.2, 0.25) is 0 Å². The summed E-state index contributed by atoms with van der Waals surface area (Å²) in [6, 6.07) is 36.3. The van der Waals surface area contributed by atoms with Gasteiger partial charge < -0.3 is 14.5 Å². The molecular weight excluding hydrogens is 506 g/mol. The second-order valence-electron chi connectivity index (χ2n) is 11.2. The maximum absolute atomic E-state index is 13.5. The molecule has 0 atom stereocenters. The van der Waals surface area contributed by atoms with Crippen LogP contribution in [-0.2, 0) is 13.0 Å². The summed E-state index contributed by atoms with van der Waals surface area (Å²) >= 11 is 0. The molecule has 0 unspecified atom stereocenters. The molecular formula is C36H39N3O2. The first kappa shape index (κ1) is 27.1. The van der Waals surface area contributed by atoms with Crippen LogP contribution in [0.3, 0.4) is 0 Å². The maximum atomic E-state index is 13.5. The molecule has 0 spiro atoms. The molecule has 0 saturated carbocycles. The van der Waals surface area contributed by atoms with Crippen molar-refractivity contribution >= 4 is 11.6 Å². The Morgan fingerprint density at radius 3 is 2.15 bits per heavy atom. The van der Waals surface area contributed by atoms with E-state index < -0.39 is 0 Å². The van der Waals surface area contributed by atoms with E-state index >= 15 is 0 Å². The van der Waals surface area contributed by atoms with Crippen molar-refractivity contribution in [3.8, 4) is 5.75 Å². The van der Waals surface area contributed by atoms with Crippen molar-refractivity contribution in [3.05, 3.63) is 131 Å². The first-order chi connectivity index (χ1) is 20.2. The number of piperazine rings is 1. The smallest absolute Gasteiger partial charge is 0.254 e. The Morgan fingerprint density at radius 2 is 1.46 bits per heavy atom. The highest BCUT2D eigenvalue weighted by Gasteiger charge is 2.26. The number of hydrogen-bond acceptors (Lipinski definition) is 4. The number of carbonyl (C=O) groups is 1. The first-order valence-corrected chi connectivity index (χ1v) is 14.8. The van der Waals surface area contributed by atoms with Crippen LogP contribution in [0, 0.1) is 0 Å². The fraction of sp³-hybridized carbons (Fsp3) is 0.306. The van der Waals surface area contributed by atoms with E-state index in [9.17, 15) is 4.79 Å². The molecule has 1 fully saturated rings. The van der Waals surface area contributed by atoms with Crippen LogP contribution in [0.25, 0.3) is 0 Å². The normalized spacial score (nSPS) is 15.7. The quantitative estimate of drug-likeness (QED) is 0.250. The molecule has 2 heterocycles. The lowest BCUT2D eigenvalue weighted by Gasteiger charge is -2.37. The first-order valence-electron chi connectivity index (χ1n) is 14.8. The van der Waals surface area contributed by atoms with Gasteiger partial charge in [0.15, 0.2) is 0 Å². The third kappa shape index (κ3) is 6.31. The standard InChI is InChI=1S/C36H39N3O2/c1-41-33-14-8-9-28(25-33)27-39-20-17-31-15-16-32(26-35(31)36(39)40)38-23-21-37(22-24-38)19-18-34(29-10-4-2-5-11-29)30-12-6-3-7-13-30/h2-16,25-26,34H,17-24,27H2,1H3. The number of nitrogens with zero attached hydrogens (tertiary/aromatic N) is 3. The molecule has 41 heavy (non-hydrogen) atoms. The van der Waals surface area contributed by atoms with Gasteiger partial charge in [0.25, 0.3) is 5.91 Å². The molecule has 1 amide bonds. The summed E-state index contributed by atoms with van der Waals surface area (Å²) in [5, 5.41) is 0. The Kier molecular flexibility index (Phi) is 8.33. The van der Waals surface area contributed by atoms with Crippen molar-refractivity contribution in [1.29, 1.82) is 0 Å². The SMILES string of the molecule is COc1cccc(CN2CCc3ccc(N4CCN(CCC(c5ccccc5)c5ccccc5)CC4)cc3C2=O)c1. The Bertz CT molecular complexity index is 1410. The van der Waals surface area contributed by atoms with E-state index in [0.717, 1.165) is 80.2 Å². The van der Waals surface area contributed by atoms with Gasteiger partial charge in [-0.05, 0) is 65.9 Å². The zero-order valence-electron chi connectivity index (χ0n) is 23.9. The summed E-state index contributed by atoms with van der Waals surface area (Å²) in [6.45, 7) is 6.43. The van der Waals surface area contributed by atoms with Crippen molar-refractivity contribution in [2.75, 3.05) is 51.3 Å². The van der Waals surface area contributed by atoms with E-state index in [-0.39, 0.29) is 5.91 Å². The Labute approximate surface area is 244 Å². The van der Waals surface area contributed by atoms with E-state index in [1.807, 2.05) is 23.1 Å². The zero-order chi connectivity index (χ0) is 28.0. The number of fused-ring (bicyclic) bond motifs is 1. The number of carbonyl (C=O) groups excluding carboxylic acids is 1. The Balaban J connectivity index is 1.07. The summed E-state index contributed by atoms with van der Waals surface area (Å²) in [4.78, 5) is 20.5. The number of ether oxygens (including phenoxy) is 1. The molecule has 2 aliphatic rings. The Morgan fingerprint density at radius 1 is 0.756 bits per heavy atom. The average Bonchev–Trinajstić information content (AvgIpc) is 3.04. The largest absolute Gasteiger partial charge is 0.497 e. The van der Waals surface area contributed by atoms with Gasteiger partial charge in [0.05, 0.1) is 7.11 Å². The van der Waals surface area contributed by atoms with Gasteiger partial charge in [-0.3, -0.25) is 9.69 Å². The molecule has 2 aliphatic heterocycles. The zero-order valence-corrected chi connectivity index (χ0v) is 23.9. The lowest BCUT2D eigenvalue weighted by molar-refractivity contribution is 0.0727. The molecule has 4 aromatic rings. The summed E-state index contributed by atoms with van der Waals surface area (Å²) in [5.74, 6) is 1.36. The lowest BCUT2D eigenvalue weighted by Crippen LogP contribution is -2.47. The molecule has 4 aromatic carbocycles. The number of amides is 1. The van der Waals surface area contributed by atoms with Gasteiger partial charge in [-0.1, -0.05) is 78.9 Å². The van der Waals surface area contributed by atoms with Gasteiger partial charge in [-0.25, -0.2) is 0 Å². The molecule has 5 nitrogen and oxygen atoms in total. The third-order valence-corrected chi connectivity index (χ3v) is 8.65. The minimum atomic E-state index is 0.127. The van der Waals surface area contributed by atoms with Gasteiger partial charge in [-0.2, -0.15) is 0 Å². The van der Waals surface area contributed by atoms with Crippen molar-refractivity contribution in [2.24, 2.45) is 0 Å². The summed E-state index contributed by atoms with van der Waals surface area (Å²) < 4.78 is 5.37. The third-order valence-electron chi connectivity index (χ3n) is 8.65. The van der Waals surface area contributed by atoms with E-state index in [1.165, 1.54) is 11.1 Å². The Hall–Kier alpha value is -4.09. The van der Waals surface area contributed by atoms with Gasteiger partial charge >= 0.3 is 0 Å². The number of methoxy groups -OCH3 is 1. The molecule has 210 valence electrons. The summed E-state index contributed by atoms with van der Waals surface area (Å²) in [5.41, 5.74) is 7.04. The minimum absolute atomic E-state index is 0.127. The number of hydrogen-bond donors (Lipinski definition) is 0. The van der Waals surface area contributed by atoms with E-state index in [1.54, 1.807) is 7.11 Å². The van der Waals surface area contributed by atoms with Crippen LogP contribution < -0.4 is 9.64 Å². The molecule has 0 aromatic heterocycles. The fourth-order valence-electron chi connectivity index (χ4n) is 6.29. The molecule has 0 N–H and O–H groups in total. The van der Waals surface area contributed by atoms with Crippen LogP contribution in [0.1, 0.15) is 45.0 Å². The van der Waals surface area contributed by atoms with Crippen LogP contribution in [0.4, 0.5) is 5.69 Å². The average molecular weight is 546 g/mol. The van der Waals surface area contributed by atoms with Gasteiger partial charge in [0.1, 0.15) is 5.75 Å². The van der Waals surface area contributed by atoms with E-state index in [2.05, 4.69) is 94.7 Å². The van der Waals surface area contributed by atoms with Crippen LogP contribution >= 0.6 is 0 Å². The maximum Gasteiger partial charge on any atom is 0.254 e. The van der Waals surface area contributed by atoms with Crippen molar-refractivity contribution in [3.63, 3.8) is 0 Å². The van der Waals surface area contributed by atoms with Gasteiger partial charge in [-0.15, -0.1) is 0 Å². The summed E-state index contributed by atoms with van der Waals surface area (Å²) in [6.07, 6.45) is 1.99. The van der Waals surface area contributed by atoms with E-state index in [4.69, 9.17) is 4.74 Å². The van der Waals surface area contributed by atoms with Crippen molar-refractivity contribution < 1.29 is 9.53 Å². The molecule has 0 aliphatic carbocycles. The fourth-order valence-corrected chi connectivity index (χ4v) is 6.29. The number of benzene rings is 4. The molecule has 1 saturated heterocycles. The second-order valence-corrected chi connectivity index (χ2v) is 11.2. The number of anilines is 1. The van der Waals surface area contributed by atoms with Gasteiger partial charge in [0.2, 0.25) is 0 Å². The second kappa shape index (κ2) is 12.6. The van der Waals surface area contributed by atoms with Crippen LogP contribution in [-0.4, -0.2) is 62.1 Å². The van der Waals surface area contributed by atoms with E-state index in [0.29, 0.717) is 12.5 Å². The predicted octanol–water partition coefficient (Wildman–Crippen LogP) is 6.24. The molecule has 0 bridgehead atoms. The van der Waals surface area contributed by atoms with Crippen molar-refractivity contribution in [1.82, 2.24) is 9.80 Å². The predicted molar refractivity (Wildman–Crippen MR) is 166 cm³/mol. The van der Waals surface area contributed by atoms with Crippen molar-refractivity contribution in [2.45, 2.75) is 25.3 Å². The highest BCUT2D eigenvalue weighted by molar-refractivity contribution is 5.97. The highest BCUT2D eigenvalue weighted by atomic mass is 16.5. The molecule has 6 rings (SSSR count). The summed E-state index contributed by atoms with van der Waals surface area (Å²) in [7, 11) is 1.68. The number of rotatable bonds is 9. The molecule has 0 radical (unpaired) electrons. The van der Waals surface area contributed by atoms with Crippen LogP contribution in [0.15, 0.2) is 103 Å². The van der Waals surface area contributed by atoms with Crippen LogP contribution in [0.5, 0.6) is 5.75 Å². The lowest BCUT2D eigenvalue weighted by atomic mass is 9.88. The minimum Gasteiger partial charge on any atom is -0.497 e. The van der Waals surface area contributed by atoms with Gasteiger partial charge in [0, 0.05) is 56.4 Å². The molecule has 5 heteroatoms. The highest BCUT2D eigenvalue weighted by Crippen LogP contribution is 2.30.